The molecule has 124 valence electrons. The van der Waals surface area contributed by atoms with E-state index in [0.717, 1.165) is 16.9 Å². The zero-order valence-corrected chi connectivity index (χ0v) is 13.6. The second kappa shape index (κ2) is 7.49. The highest BCUT2D eigenvalue weighted by atomic mass is 16.5. The lowest BCUT2D eigenvalue weighted by molar-refractivity contribution is -0.0479. The van der Waals surface area contributed by atoms with Crippen molar-refractivity contribution in [2.24, 2.45) is 0 Å². The van der Waals surface area contributed by atoms with Crippen molar-refractivity contribution in [2.75, 3.05) is 6.61 Å². The number of aromatic hydroxyl groups is 1. The van der Waals surface area contributed by atoms with Gasteiger partial charge in [-0.3, -0.25) is 0 Å². The van der Waals surface area contributed by atoms with Gasteiger partial charge in [0, 0.05) is 11.8 Å². The summed E-state index contributed by atoms with van der Waals surface area (Å²) in [7, 11) is 0. The number of aliphatic hydroxyl groups excluding tert-OH is 1. The Bertz CT molecular complexity index is 600. The highest BCUT2D eigenvalue weighted by Gasteiger charge is 2.22. The van der Waals surface area contributed by atoms with Gasteiger partial charge in [-0.1, -0.05) is 38.1 Å². The Kier molecular flexibility index (Phi) is 5.64. The number of aliphatic hydroxyl groups is 2. The molecule has 0 amide bonds. The summed E-state index contributed by atoms with van der Waals surface area (Å²) in [5, 5.41) is 27.0. The molecule has 0 spiro atoms. The SMILES string of the molecule is CC(C)(c1ccc(O)cc1)c1ccc(OCCCC(O)O)cc1. The fourth-order valence-corrected chi connectivity index (χ4v) is 2.47. The predicted octanol–water partition coefficient (Wildman–Crippen LogP) is 3.19. The van der Waals surface area contributed by atoms with E-state index in [2.05, 4.69) is 13.8 Å². The van der Waals surface area contributed by atoms with Gasteiger partial charge in [0.15, 0.2) is 6.29 Å². The summed E-state index contributed by atoms with van der Waals surface area (Å²) in [4.78, 5) is 0. The molecule has 0 aromatic heterocycles. The highest BCUT2D eigenvalue weighted by Crippen LogP contribution is 2.33. The summed E-state index contributed by atoms with van der Waals surface area (Å²) >= 11 is 0. The van der Waals surface area contributed by atoms with Gasteiger partial charge in [-0.2, -0.15) is 0 Å². The van der Waals surface area contributed by atoms with Gasteiger partial charge < -0.3 is 20.1 Å². The smallest absolute Gasteiger partial charge is 0.151 e. The van der Waals surface area contributed by atoms with Gasteiger partial charge in [0.05, 0.1) is 6.61 Å². The lowest BCUT2D eigenvalue weighted by Gasteiger charge is -2.26. The van der Waals surface area contributed by atoms with Crippen molar-refractivity contribution in [2.45, 2.75) is 38.4 Å². The fourth-order valence-electron chi connectivity index (χ4n) is 2.47. The summed E-state index contributed by atoms with van der Waals surface area (Å²) in [6.07, 6.45) is -0.364. The van der Waals surface area contributed by atoms with E-state index >= 15 is 0 Å². The zero-order chi connectivity index (χ0) is 16.9. The summed E-state index contributed by atoms with van der Waals surface area (Å²) in [6.45, 7) is 4.73. The van der Waals surface area contributed by atoms with E-state index in [0.29, 0.717) is 19.4 Å². The average Bonchev–Trinajstić information content (AvgIpc) is 2.52. The van der Waals surface area contributed by atoms with Crippen LogP contribution in [0.25, 0.3) is 0 Å². The topological polar surface area (TPSA) is 69.9 Å². The van der Waals surface area contributed by atoms with Crippen molar-refractivity contribution >= 4 is 0 Å². The molecule has 3 N–H and O–H groups in total. The molecule has 0 saturated heterocycles. The van der Waals surface area contributed by atoms with Crippen LogP contribution in [0.5, 0.6) is 11.5 Å². The normalized spacial score (nSPS) is 11.7. The van der Waals surface area contributed by atoms with Crippen LogP contribution in [-0.4, -0.2) is 28.2 Å². The standard InChI is InChI=1S/C19H24O4/c1-19(2,14-5-9-16(20)10-6-14)15-7-11-17(12-8-15)23-13-3-4-18(21)22/h5-12,18,20-22H,3-4,13H2,1-2H3. The van der Waals surface area contributed by atoms with Crippen molar-refractivity contribution < 1.29 is 20.1 Å². The van der Waals surface area contributed by atoms with E-state index in [4.69, 9.17) is 14.9 Å². The van der Waals surface area contributed by atoms with E-state index in [-0.39, 0.29) is 11.2 Å². The molecule has 0 aliphatic heterocycles. The first-order chi connectivity index (χ1) is 10.9. The van der Waals surface area contributed by atoms with Crippen molar-refractivity contribution in [3.8, 4) is 11.5 Å². The Balaban J connectivity index is 2.02. The summed E-state index contributed by atoms with van der Waals surface area (Å²) in [6, 6.07) is 15.2. The minimum Gasteiger partial charge on any atom is -0.508 e. The Morgan fingerprint density at radius 2 is 1.43 bits per heavy atom. The van der Waals surface area contributed by atoms with Crippen LogP contribution in [0.1, 0.15) is 37.8 Å². The molecule has 0 unspecified atom stereocenters. The molecule has 4 nitrogen and oxygen atoms in total. The van der Waals surface area contributed by atoms with Gasteiger partial charge in [-0.25, -0.2) is 0 Å². The molecule has 0 bridgehead atoms. The highest BCUT2D eigenvalue weighted by molar-refractivity contribution is 5.41. The predicted molar refractivity (Wildman–Crippen MR) is 89.6 cm³/mol. The molecule has 0 heterocycles. The van der Waals surface area contributed by atoms with E-state index < -0.39 is 6.29 Å². The van der Waals surface area contributed by atoms with Crippen LogP contribution in [0.3, 0.4) is 0 Å². The van der Waals surface area contributed by atoms with Crippen LogP contribution in [-0.2, 0) is 5.41 Å². The van der Waals surface area contributed by atoms with Gasteiger partial charge in [0.25, 0.3) is 0 Å². The molecule has 0 atom stereocenters. The number of rotatable bonds is 7. The molecule has 2 aromatic rings. The fraction of sp³-hybridized carbons (Fsp3) is 0.368. The maximum absolute atomic E-state index is 9.42. The quantitative estimate of drug-likeness (QED) is 0.542. The van der Waals surface area contributed by atoms with E-state index in [1.165, 1.54) is 0 Å². The lowest BCUT2D eigenvalue weighted by atomic mass is 9.78. The van der Waals surface area contributed by atoms with Crippen LogP contribution in [0.15, 0.2) is 48.5 Å². The third-order valence-electron chi connectivity index (χ3n) is 4.04. The van der Waals surface area contributed by atoms with E-state index in [9.17, 15) is 5.11 Å². The van der Waals surface area contributed by atoms with Crippen LogP contribution < -0.4 is 4.74 Å². The Hall–Kier alpha value is -2.04. The molecular weight excluding hydrogens is 292 g/mol. The molecule has 0 aliphatic rings. The number of hydrogen-bond acceptors (Lipinski definition) is 4. The second-order valence-electron chi connectivity index (χ2n) is 6.17. The van der Waals surface area contributed by atoms with Gasteiger partial charge in [0.2, 0.25) is 0 Å². The molecule has 2 aromatic carbocycles. The van der Waals surface area contributed by atoms with E-state index in [1.54, 1.807) is 12.1 Å². The molecule has 0 radical (unpaired) electrons. The molecule has 4 heteroatoms. The molecule has 0 aliphatic carbocycles. The third-order valence-corrected chi connectivity index (χ3v) is 4.04. The maximum atomic E-state index is 9.42. The van der Waals surface area contributed by atoms with Gasteiger partial charge in [-0.15, -0.1) is 0 Å². The molecular formula is C19H24O4. The Morgan fingerprint density at radius 3 is 1.96 bits per heavy atom. The van der Waals surface area contributed by atoms with Crippen LogP contribution >= 0.6 is 0 Å². The maximum Gasteiger partial charge on any atom is 0.151 e. The number of hydrogen-bond donors (Lipinski definition) is 3. The first-order valence-electron chi connectivity index (χ1n) is 7.78. The van der Waals surface area contributed by atoms with Crippen molar-refractivity contribution in [3.63, 3.8) is 0 Å². The molecule has 0 fully saturated rings. The number of phenols is 1. The van der Waals surface area contributed by atoms with E-state index in [1.807, 2.05) is 36.4 Å². The van der Waals surface area contributed by atoms with Crippen LogP contribution in [0.4, 0.5) is 0 Å². The molecule has 2 rings (SSSR count). The summed E-state index contributed by atoms with van der Waals surface area (Å²) in [5.74, 6) is 1.03. The van der Waals surface area contributed by atoms with Crippen LogP contribution in [0, 0.1) is 0 Å². The largest absolute Gasteiger partial charge is 0.508 e. The number of phenolic OH excluding ortho intramolecular Hbond substituents is 1. The third kappa shape index (κ3) is 4.71. The van der Waals surface area contributed by atoms with Gasteiger partial charge in [-0.05, 0) is 41.8 Å². The lowest BCUT2D eigenvalue weighted by Crippen LogP contribution is -2.18. The zero-order valence-electron chi connectivity index (χ0n) is 13.6. The number of benzene rings is 2. The van der Waals surface area contributed by atoms with Gasteiger partial charge in [0.1, 0.15) is 11.5 Å². The minimum atomic E-state index is -1.27. The second-order valence-corrected chi connectivity index (χ2v) is 6.17. The summed E-state index contributed by atoms with van der Waals surface area (Å²) < 4.78 is 5.59. The first-order valence-corrected chi connectivity index (χ1v) is 7.78. The summed E-state index contributed by atoms with van der Waals surface area (Å²) in [5.41, 5.74) is 2.11. The van der Waals surface area contributed by atoms with Crippen LogP contribution in [0.2, 0.25) is 0 Å². The monoisotopic (exact) mass is 316 g/mol. The molecule has 23 heavy (non-hydrogen) atoms. The Morgan fingerprint density at radius 1 is 0.913 bits per heavy atom. The molecule has 0 saturated carbocycles. The van der Waals surface area contributed by atoms with Crippen molar-refractivity contribution in [1.82, 2.24) is 0 Å². The minimum absolute atomic E-state index is 0.173. The van der Waals surface area contributed by atoms with Crippen molar-refractivity contribution in [1.29, 1.82) is 0 Å². The van der Waals surface area contributed by atoms with Gasteiger partial charge >= 0.3 is 0 Å². The first kappa shape index (κ1) is 17.3. The average molecular weight is 316 g/mol. The van der Waals surface area contributed by atoms with Crippen molar-refractivity contribution in [3.05, 3.63) is 59.7 Å². The Labute approximate surface area is 137 Å². The number of ether oxygens (including phenoxy) is 1.